The second kappa shape index (κ2) is 7.60. The first-order chi connectivity index (χ1) is 13.5. The Hall–Kier alpha value is -2.92. The number of halogens is 2. The third-order valence-electron chi connectivity index (χ3n) is 4.54. The van der Waals surface area contributed by atoms with Gasteiger partial charge in [-0.25, -0.2) is 4.39 Å². The van der Waals surface area contributed by atoms with Crippen molar-refractivity contribution in [2.24, 2.45) is 0 Å². The number of ether oxygens (including phenoxy) is 2. The van der Waals surface area contributed by atoms with Crippen LogP contribution in [0.15, 0.2) is 70.9 Å². The molecule has 3 aromatic carbocycles. The van der Waals surface area contributed by atoms with Gasteiger partial charge in [-0.2, -0.15) is 0 Å². The van der Waals surface area contributed by atoms with Gasteiger partial charge in [-0.1, -0.05) is 46.3 Å². The van der Waals surface area contributed by atoms with Crippen LogP contribution in [0.1, 0.15) is 27.0 Å². The third kappa shape index (κ3) is 3.58. The molecule has 1 aliphatic heterocycles. The number of hydrogen-bond donors (Lipinski definition) is 0. The predicted molar refractivity (Wildman–Crippen MR) is 109 cm³/mol. The Morgan fingerprint density at radius 1 is 1.07 bits per heavy atom. The monoisotopic (exact) mass is 438 g/mol. The Labute approximate surface area is 170 Å². The minimum atomic E-state index is -0.284. The summed E-state index contributed by atoms with van der Waals surface area (Å²) in [6, 6.07) is 17.2. The summed E-state index contributed by atoms with van der Waals surface area (Å²) in [4.78, 5) is 12.7. The van der Waals surface area contributed by atoms with E-state index in [2.05, 4.69) is 15.9 Å². The number of carbonyl (C=O) groups is 1. The molecule has 0 unspecified atom stereocenters. The topological polar surface area (TPSA) is 35.5 Å². The largest absolute Gasteiger partial charge is 0.488 e. The average Bonchev–Trinajstić information content (AvgIpc) is 3.01. The Bertz CT molecular complexity index is 1090. The van der Waals surface area contributed by atoms with Crippen molar-refractivity contribution in [2.45, 2.75) is 13.5 Å². The zero-order chi connectivity index (χ0) is 19.7. The van der Waals surface area contributed by atoms with Crippen LogP contribution in [-0.2, 0) is 6.61 Å². The van der Waals surface area contributed by atoms with Crippen molar-refractivity contribution in [1.29, 1.82) is 0 Å². The first-order valence-corrected chi connectivity index (χ1v) is 9.52. The summed E-state index contributed by atoms with van der Waals surface area (Å²) < 4.78 is 25.6. The lowest BCUT2D eigenvalue weighted by atomic mass is 10.1. The van der Waals surface area contributed by atoms with E-state index in [4.69, 9.17) is 9.47 Å². The van der Waals surface area contributed by atoms with Crippen molar-refractivity contribution in [2.75, 3.05) is 0 Å². The van der Waals surface area contributed by atoms with E-state index in [-0.39, 0.29) is 17.4 Å². The second-order valence-electron chi connectivity index (χ2n) is 6.44. The number of benzene rings is 3. The molecule has 0 amide bonds. The van der Waals surface area contributed by atoms with E-state index in [1.54, 1.807) is 30.3 Å². The smallest absolute Gasteiger partial charge is 0.231 e. The molecule has 0 atom stereocenters. The molecule has 1 aliphatic rings. The van der Waals surface area contributed by atoms with E-state index in [1.807, 2.05) is 31.2 Å². The number of carbonyl (C=O) groups excluding carboxylic acids is 1. The van der Waals surface area contributed by atoms with E-state index >= 15 is 0 Å². The SMILES string of the molecule is Cc1c(OCc2ccc(F)cc2)ccc2c1O/C(=C\c1ccccc1Br)C2=O. The van der Waals surface area contributed by atoms with Crippen LogP contribution in [0.3, 0.4) is 0 Å². The van der Waals surface area contributed by atoms with Crippen molar-refractivity contribution >= 4 is 27.8 Å². The lowest BCUT2D eigenvalue weighted by Crippen LogP contribution is -1.98. The number of ketones is 1. The van der Waals surface area contributed by atoms with Crippen molar-refractivity contribution in [1.82, 2.24) is 0 Å². The first-order valence-electron chi connectivity index (χ1n) is 8.72. The standard InChI is InChI=1S/C23H16BrFO3/c1-14-20(27-13-15-6-8-17(25)9-7-15)11-10-18-22(26)21(28-23(14)18)12-16-4-2-3-5-19(16)24/h2-12H,13H2,1H3/b21-12-. The van der Waals surface area contributed by atoms with Gasteiger partial charge in [0.2, 0.25) is 5.78 Å². The fourth-order valence-electron chi connectivity index (χ4n) is 3.00. The van der Waals surface area contributed by atoms with Gasteiger partial charge in [0.05, 0.1) is 5.56 Å². The normalized spacial score (nSPS) is 14.1. The van der Waals surface area contributed by atoms with Crippen LogP contribution in [0.4, 0.5) is 4.39 Å². The van der Waals surface area contributed by atoms with E-state index in [0.717, 1.165) is 21.2 Å². The van der Waals surface area contributed by atoms with Gasteiger partial charge < -0.3 is 9.47 Å². The molecule has 0 saturated carbocycles. The summed E-state index contributed by atoms with van der Waals surface area (Å²) in [5.41, 5.74) is 2.99. The minimum absolute atomic E-state index is 0.154. The quantitative estimate of drug-likeness (QED) is 0.462. The maximum Gasteiger partial charge on any atom is 0.231 e. The van der Waals surface area contributed by atoms with Crippen LogP contribution < -0.4 is 9.47 Å². The molecule has 1 heterocycles. The lowest BCUT2D eigenvalue weighted by molar-refractivity contribution is 0.101. The van der Waals surface area contributed by atoms with Crippen molar-refractivity contribution in [3.63, 3.8) is 0 Å². The molecule has 0 bridgehead atoms. The molecule has 4 rings (SSSR count). The van der Waals surface area contributed by atoms with Gasteiger partial charge in [0.15, 0.2) is 5.76 Å². The molecule has 0 radical (unpaired) electrons. The number of hydrogen-bond acceptors (Lipinski definition) is 3. The molecule has 0 aliphatic carbocycles. The lowest BCUT2D eigenvalue weighted by Gasteiger charge is -2.11. The fourth-order valence-corrected chi connectivity index (χ4v) is 3.40. The summed E-state index contributed by atoms with van der Waals surface area (Å²) >= 11 is 3.48. The first kappa shape index (κ1) is 18.4. The van der Waals surface area contributed by atoms with Crippen LogP contribution in [0, 0.1) is 12.7 Å². The number of rotatable bonds is 4. The van der Waals surface area contributed by atoms with Gasteiger partial charge >= 0.3 is 0 Å². The van der Waals surface area contributed by atoms with Crippen molar-refractivity contribution < 1.29 is 18.7 Å². The van der Waals surface area contributed by atoms with Gasteiger partial charge in [0, 0.05) is 10.0 Å². The summed E-state index contributed by atoms with van der Waals surface area (Å²) in [6.45, 7) is 2.15. The molecule has 0 saturated heterocycles. The van der Waals surface area contributed by atoms with Crippen LogP contribution in [0.5, 0.6) is 11.5 Å². The molecule has 0 N–H and O–H groups in total. The highest BCUT2D eigenvalue weighted by Crippen LogP contribution is 2.39. The highest BCUT2D eigenvalue weighted by Gasteiger charge is 2.30. The Morgan fingerprint density at radius 3 is 2.57 bits per heavy atom. The summed E-state index contributed by atoms with van der Waals surface area (Å²) in [7, 11) is 0. The number of allylic oxidation sites excluding steroid dienone is 1. The number of fused-ring (bicyclic) bond motifs is 1. The average molecular weight is 439 g/mol. The van der Waals surface area contributed by atoms with Gasteiger partial charge in [-0.15, -0.1) is 0 Å². The molecule has 28 heavy (non-hydrogen) atoms. The van der Waals surface area contributed by atoms with E-state index < -0.39 is 0 Å². The highest BCUT2D eigenvalue weighted by atomic mass is 79.9. The van der Waals surface area contributed by atoms with E-state index in [0.29, 0.717) is 23.7 Å². The highest BCUT2D eigenvalue weighted by molar-refractivity contribution is 9.10. The Balaban J connectivity index is 1.58. The predicted octanol–water partition coefficient (Wildman–Crippen LogP) is 6.09. The van der Waals surface area contributed by atoms with Crippen LogP contribution >= 0.6 is 15.9 Å². The second-order valence-corrected chi connectivity index (χ2v) is 7.30. The summed E-state index contributed by atoms with van der Waals surface area (Å²) in [5, 5.41) is 0. The maximum absolute atomic E-state index is 13.0. The molecule has 5 heteroatoms. The molecular weight excluding hydrogens is 423 g/mol. The Kier molecular flexibility index (Phi) is 5.01. The van der Waals surface area contributed by atoms with E-state index in [1.165, 1.54) is 12.1 Å². The Morgan fingerprint density at radius 2 is 1.82 bits per heavy atom. The van der Waals surface area contributed by atoms with Crippen LogP contribution in [0.25, 0.3) is 6.08 Å². The molecule has 3 aromatic rings. The summed E-state index contributed by atoms with van der Waals surface area (Å²) in [6.07, 6.45) is 1.73. The van der Waals surface area contributed by atoms with Gasteiger partial charge in [0.1, 0.15) is 23.9 Å². The molecular formula is C23H16BrFO3. The zero-order valence-corrected chi connectivity index (χ0v) is 16.6. The fraction of sp³-hybridized carbons (Fsp3) is 0.0870. The molecule has 0 spiro atoms. The third-order valence-corrected chi connectivity index (χ3v) is 5.26. The van der Waals surface area contributed by atoms with Gasteiger partial charge in [0.25, 0.3) is 0 Å². The van der Waals surface area contributed by atoms with Crippen molar-refractivity contribution in [3.05, 3.63) is 99.0 Å². The van der Waals surface area contributed by atoms with Gasteiger partial charge in [-0.05, 0) is 54.5 Å². The minimum Gasteiger partial charge on any atom is -0.488 e. The summed E-state index contributed by atoms with van der Waals surface area (Å²) in [5.74, 6) is 0.978. The van der Waals surface area contributed by atoms with Gasteiger partial charge in [-0.3, -0.25) is 4.79 Å². The molecule has 0 fully saturated rings. The molecule has 0 aromatic heterocycles. The molecule has 3 nitrogen and oxygen atoms in total. The molecule has 140 valence electrons. The van der Waals surface area contributed by atoms with Crippen LogP contribution in [0.2, 0.25) is 0 Å². The maximum atomic E-state index is 13.0. The van der Waals surface area contributed by atoms with Crippen molar-refractivity contribution in [3.8, 4) is 11.5 Å². The number of Topliss-reactive ketones (excluding diaryl/α,β-unsaturated/α-hetero) is 1. The zero-order valence-electron chi connectivity index (χ0n) is 15.0. The van der Waals surface area contributed by atoms with E-state index in [9.17, 15) is 9.18 Å². The van der Waals surface area contributed by atoms with Crippen LogP contribution in [-0.4, -0.2) is 5.78 Å².